The molecule has 0 aromatic heterocycles. The summed E-state index contributed by atoms with van der Waals surface area (Å²) in [5, 5.41) is 6.50. The van der Waals surface area contributed by atoms with Gasteiger partial charge in [-0.1, -0.05) is 48.0 Å². The average molecular weight is 280 g/mol. The van der Waals surface area contributed by atoms with Crippen molar-refractivity contribution in [3.8, 4) is 0 Å². The van der Waals surface area contributed by atoms with Crippen molar-refractivity contribution in [1.82, 2.24) is 5.32 Å². The molecule has 3 rings (SSSR count). The Morgan fingerprint density at radius 2 is 1.95 bits per heavy atom. The zero-order valence-corrected chi connectivity index (χ0v) is 12.2. The average Bonchev–Trinajstić information content (AvgIpc) is 2.49. The summed E-state index contributed by atoms with van der Waals surface area (Å²) in [5.41, 5.74) is 4.72. The van der Waals surface area contributed by atoms with Gasteiger partial charge in [0.1, 0.15) is 0 Å². The minimum Gasteiger partial charge on any atom is -0.383 e. The Labute approximate surface area is 125 Å². The van der Waals surface area contributed by atoms with Crippen LogP contribution in [0.5, 0.6) is 0 Å². The van der Waals surface area contributed by atoms with Crippen LogP contribution in [-0.4, -0.2) is 18.5 Å². The van der Waals surface area contributed by atoms with Gasteiger partial charge in [-0.25, -0.2) is 0 Å². The third-order valence-corrected chi connectivity index (χ3v) is 3.87. The minimum atomic E-state index is 0.0880. The van der Waals surface area contributed by atoms with E-state index < -0.39 is 0 Å². The lowest BCUT2D eigenvalue weighted by atomic mass is 9.99. The third kappa shape index (κ3) is 3.43. The van der Waals surface area contributed by atoms with Gasteiger partial charge in [-0.05, 0) is 30.5 Å². The van der Waals surface area contributed by atoms with Crippen molar-refractivity contribution >= 4 is 11.6 Å². The molecule has 1 heterocycles. The van der Waals surface area contributed by atoms with Crippen LogP contribution in [-0.2, 0) is 17.6 Å². The molecule has 1 atom stereocenters. The number of carbonyl (C=O) groups is 1. The largest absolute Gasteiger partial charge is 0.383 e. The summed E-state index contributed by atoms with van der Waals surface area (Å²) in [6, 6.07) is 16.5. The van der Waals surface area contributed by atoms with Gasteiger partial charge in [0.15, 0.2) is 0 Å². The molecule has 2 N–H and O–H groups in total. The first kappa shape index (κ1) is 13.7. The van der Waals surface area contributed by atoms with Crippen LogP contribution in [0.15, 0.2) is 48.5 Å². The van der Waals surface area contributed by atoms with Crippen molar-refractivity contribution in [2.24, 2.45) is 0 Å². The van der Waals surface area contributed by atoms with Crippen molar-refractivity contribution in [3.05, 3.63) is 65.2 Å². The number of hydrogen-bond donors (Lipinski definition) is 2. The van der Waals surface area contributed by atoms with Gasteiger partial charge in [0, 0.05) is 12.2 Å². The molecule has 3 nitrogen and oxygen atoms in total. The van der Waals surface area contributed by atoms with Crippen molar-refractivity contribution < 1.29 is 4.79 Å². The number of nitrogens with one attached hydrogen (secondary N) is 2. The number of rotatable bonds is 3. The molecule has 0 spiro atoms. The van der Waals surface area contributed by atoms with Gasteiger partial charge in [0.25, 0.3) is 0 Å². The van der Waals surface area contributed by atoms with Crippen LogP contribution >= 0.6 is 0 Å². The van der Waals surface area contributed by atoms with Crippen LogP contribution in [0.2, 0.25) is 0 Å². The second-order valence-corrected chi connectivity index (χ2v) is 5.67. The molecule has 1 aliphatic rings. The zero-order chi connectivity index (χ0) is 14.7. The zero-order valence-electron chi connectivity index (χ0n) is 12.2. The van der Waals surface area contributed by atoms with Crippen LogP contribution in [0.3, 0.4) is 0 Å². The van der Waals surface area contributed by atoms with E-state index in [-0.39, 0.29) is 11.9 Å². The van der Waals surface area contributed by atoms with Crippen molar-refractivity contribution in [2.75, 3.05) is 11.9 Å². The molecule has 1 unspecified atom stereocenters. The van der Waals surface area contributed by atoms with Gasteiger partial charge in [0.2, 0.25) is 5.91 Å². The summed E-state index contributed by atoms with van der Waals surface area (Å²) in [5.74, 6) is 0.0880. The highest BCUT2D eigenvalue weighted by atomic mass is 16.1. The van der Waals surface area contributed by atoms with Crippen LogP contribution in [0, 0.1) is 6.92 Å². The number of fused-ring (bicyclic) bond motifs is 1. The Morgan fingerprint density at radius 1 is 1.19 bits per heavy atom. The molecule has 0 radical (unpaired) electrons. The molecule has 1 aliphatic heterocycles. The Hall–Kier alpha value is -2.29. The van der Waals surface area contributed by atoms with Gasteiger partial charge in [-0.2, -0.15) is 0 Å². The Balaban J connectivity index is 1.57. The molecule has 0 saturated carbocycles. The van der Waals surface area contributed by atoms with E-state index in [0.717, 1.165) is 18.5 Å². The Morgan fingerprint density at radius 3 is 2.76 bits per heavy atom. The topological polar surface area (TPSA) is 41.1 Å². The number of aryl methyl sites for hydroxylation is 1. The third-order valence-electron chi connectivity index (χ3n) is 3.87. The fourth-order valence-electron chi connectivity index (χ4n) is 2.71. The van der Waals surface area contributed by atoms with E-state index in [2.05, 4.69) is 29.7 Å². The molecule has 1 amide bonds. The lowest BCUT2D eigenvalue weighted by Crippen LogP contribution is -2.44. The van der Waals surface area contributed by atoms with Crippen LogP contribution in [0.1, 0.15) is 16.7 Å². The number of carbonyl (C=O) groups excluding carboxylic acids is 1. The molecule has 2 aromatic rings. The molecule has 0 aliphatic carbocycles. The standard InChI is InChI=1S/C18H20N2O/c1-13-6-8-14(9-7-13)10-18(21)20-16-11-15-4-2-3-5-17(15)19-12-16/h2-9,16,19H,10-12H2,1H3,(H,20,21). The lowest BCUT2D eigenvalue weighted by molar-refractivity contribution is -0.121. The van der Waals surface area contributed by atoms with Crippen molar-refractivity contribution in [1.29, 1.82) is 0 Å². The van der Waals surface area contributed by atoms with Crippen molar-refractivity contribution in [2.45, 2.75) is 25.8 Å². The molecule has 108 valence electrons. The van der Waals surface area contributed by atoms with E-state index in [9.17, 15) is 4.79 Å². The van der Waals surface area contributed by atoms with Crippen molar-refractivity contribution in [3.63, 3.8) is 0 Å². The van der Waals surface area contributed by atoms with Gasteiger partial charge >= 0.3 is 0 Å². The number of para-hydroxylation sites is 1. The molecule has 0 saturated heterocycles. The first-order chi connectivity index (χ1) is 10.2. The monoisotopic (exact) mass is 280 g/mol. The van der Waals surface area contributed by atoms with E-state index >= 15 is 0 Å². The summed E-state index contributed by atoms with van der Waals surface area (Å²) >= 11 is 0. The minimum absolute atomic E-state index is 0.0880. The molecule has 3 heteroatoms. The maximum atomic E-state index is 12.1. The summed E-state index contributed by atoms with van der Waals surface area (Å²) in [6.45, 7) is 2.84. The predicted octanol–water partition coefficient (Wildman–Crippen LogP) is 2.69. The predicted molar refractivity (Wildman–Crippen MR) is 85.4 cm³/mol. The normalized spacial score (nSPS) is 16.7. The van der Waals surface area contributed by atoms with Gasteiger partial charge in [-0.3, -0.25) is 4.79 Å². The van der Waals surface area contributed by atoms with Gasteiger partial charge < -0.3 is 10.6 Å². The maximum absolute atomic E-state index is 12.1. The quantitative estimate of drug-likeness (QED) is 0.907. The highest BCUT2D eigenvalue weighted by Gasteiger charge is 2.19. The molecule has 2 aromatic carbocycles. The van der Waals surface area contributed by atoms with Gasteiger partial charge in [0.05, 0.1) is 12.5 Å². The second kappa shape index (κ2) is 6.00. The highest BCUT2D eigenvalue weighted by molar-refractivity contribution is 5.79. The fraction of sp³-hybridized carbons (Fsp3) is 0.278. The Bertz CT molecular complexity index is 634. The summed E-state index contributed by atoms with van der Waals surface area (Å²) < 4.78 is 0. The first-order valence-corrected chi connectivity index (χ1v) is 7.37. The molecule has 21 heavy (non-hydrogen) atoms. The summed E-state index contributed by atoms with van der Waals surface area (Å²) in [6.07, 6.45) is 1.33. The van der Waals surface area contributed by atoms with E-state index in [0.29, 0.717) is 6.42 Å². The summed E-state index contributed by atoms with van der Waals surface area (Å²) in [4.78, 5) is 12.1. The smallest absolute Gasteiger partial charge is 0.224 e. The number of amides is 1. The van der Waals surface area contributed by atoms with E-state index in [1.165, 1.54) is 16.8 Å². The van der Waals surface area contributed by atoms with Crippen LogP contribution < -0.4 is 10.6 Å². The van der Waals surface area contributed by atoms with E-state index in [4.69, 9.17) is 0 Å². The summed E-state index contributed by atoms with van der Waals surface area (Å²) in [7, 11) is 0. The highest BCUT2D eigenvalue weighted by Crippen LogP contribution is 2.21. The molecular formula is C18H20N2O. The number of hydrogen-bond acceptors (Lipinski definition) is 2. The second-order valence-electron chi connectivity index (χ2n) is 5.67. The van der Waals surface area contributed by atoms with E-state index in [1.807, 2.05) is 36.4 Å². The van der Waals surface area contributed by atoms with Crippen LogP contribution in [0.4, 0.5) is 5.69 Å². The number of anilines is 1. The maximum Gasteiger partial charge on any atom is 0.224 e. The molecular weight excluding hydrogens is 260 g/mol. The SMILES string of the molecule is Cc1ccc(CC(=O)NC2CNc3ccccc3C2)cc1. The lowest BCUT2D eigenvalue weighted by Gasteiger charge is -2.27. The van der Waals surface area contributed by atoms with Gasteiger partial charge in [-0.15, -0.1) is 0 Å². The van der Waals surface area contributed by atoms with Crippen LogP contribution in [0.25, 0.3) is 0 Å². The molecule has 0 fully saturated rings. The molecule has 0 bridgehead atoms. The fourth-order valence-corrected chi connectivity index (χ4v) is 2.71. The van der Waals surface area contributed by atoms with E-state index in [1.54, 1.807) is 0 Å². The number of benzene rings is 2. The Kier molecular flexibility index (Phi) is 3.91. The first-order valence-electron chi connectivity index (χ1n) is 7.37.